The monoisotopic (exact) mass is 267 g/mol. The molecule has 2 heterocycles. The van der Waals surface area contributed by atoms with Crippen LogP contribution in [0.15, 0.2) is 16.7 Å². The first-order valence-electron chi connectivity index (χ1n) is 6.33. The summed E-state index contributed by atoms with van der Waals surface area (Å²) in [5.41, 5.74) is -0.0210. The number of aliphatic hydroxyl groups excluding tert-OH is 1. The fraction of sp³-hybridized carbons (Fsp3) is 0.538. The Hall–Kier alpha value is -1.82. The second-order valence-corrected chi connectivity index (χ2v) is 4.78. The number of carbonyl (C=O) groups excluding carboxylic acids is 1. The minimum Gasteiger partial charge on any atom is -0.478 e. The largest absolute Gasteiger partial charge is 0.478 e. The molecule has 1 aromatic rings. The molecule has 2 rings (SSSR count). The van der Waals surface area contributed by atoms with Crippen molar-refractivity contribution in [3.05, 3.63) is 23.7 Å². The van der Waals surface area contributed by atoms with Crippen molar-refractivity contribution in [1.29, 1.82) is 0 Å². The van der Waals surface area contributed by atoms with Gasteiger partial charge in [-0.15, -0.1) is 0 Å². The molecule has 6 heteroatoms. The van der Waals surface area contributed by atoms with Crippen molar-refractivity contribution in [1.82, 2.24) is 4.90 Å². The molecule has 1 atom stereocenters. The van der Waals surface area contributed by atoms with Crippen LogP contribution in [-0.4, -0.2) is 46.7 Å². The van der Waals surface area contributed by atoms with E-state index in [2.05, 4.69) is 0 Å². The molecule has 104 valence electrons. The third kappa shape index (κ3) is 3.14. The fourth-order valence-corrected chi connectivity index (χ4v) is 2.38. The van der Waals surface area contributed by atoms with E-state index in [4.69, 9.17) is 14.6 Å². The quantitative estimate of drug-likeness (QED) is 0.855. The standard InChI is InChI=1S/C13H17NO5/c15-5-3-9-2-1-4-14(7-9)12(16)11-6-10(8-19-11)13(17)18/h6,8-9,15H,1-5,7H2,(H,17,18). The van der Waals surface area contributed by atoms with Gasteiger partial charge in [-0.25, -0.2) is 4.79 Å². The van der Waals surface area contributed by atoms with Crippen LogP contribution in [0.2, 0.25) is 0 Å². The number of hydrogen-bond acceptors (Lipinski definition) is 4. The Morgan fingerprint density at radius 1 is 1.47 bits per heavy atom. The summed E-state index contributed by atoms with van der Waals surface area (Å²) in [4.78, 5) is 24.6. The molecule has 1 aromatic heterocycles. The zero-order valence-electron chi connectivity index (χ0n) is 10.5. The van der Waals surface area contributed by atoms with Crippen LogP contribution in [0.1, 0.15) is 40.2 Å². The Kier molecular flexibility index (Phi) is 4.21. The maximum atomic E-state index is 12.2. The summed E-state index contributed by atoms with van der Waals surface area (Å²) in [6, 6.07) is 1.25. The summed E-state index contributed by atoms with van der Waals surface area (Å²) in [5, 5.41) is 17.7. The minimum absolute atomic E-state index is 0.0210. The fourth-order valence-electron chi connectivity index (χ4n) is 2.38. The molecular formula is C13H17NO5. The molecule has 0 saturated carbocycles. The lowest BCUT2D eigenvalue weighted by molar-refractivity contribution is 0.0621. The first-order chi connectivity index (χ1) is 9.11. The number of carboxylic acids is 1. The average Bonchev–Trinajstić information content (AvgIpc) is 2.88. The van der Waals surface area contributed by atoms with E-state index >= 15 is 0 Å². The summed E-state index contributed by atoms with van der Waals surface area (Å²) in [6.07, 6.45) is 3.65. The molecule has 0 aliphatic carbocycles. The third-order valence-electron chi connectivity index (χ3n) is 3.40. The topological polar surface area (TPSA) is 91.0 Å². The van der Waals surface area contributed by atoms with Gasteiger partial charge in [-0.1, -0.05) is 0 Å². The van der Waals surface area contributed by atoms with Gasteiger partial charge in [0.25, 0.3) is 5.91 Å². The molecule has 1 aliphatic heterocycles. The zero-order valence-corrected chi connectivity index (χ0v) is 10.5. The van der Waals surface area contributed by atoms with Crippen LogP contribution in [0.5, 0.6) is 0 Å². The van der Waals surface area contributed by atoms with E-state index in [1.54, 1.807) is 4.90 Å². The SMILES string of the molecule is O=C(O)c1coc(C(=O)N2CCCC(CCO)C2)c1. The number of aromatic carboxylic acids is 1. The second kappa shape index (κ2) is 5.88. The van der Waals surface area contributed by atoms with Crippen molar-refractivity contribution in [2.24, 2.45) is 5.92 Å². The summed E-state index contributed by atoms with van der Waals surface area (Å²) in [7, 11) is 0. The highest BCUT2D eigenvalue weighted by Crippen LogP contribution is 2.21. The Balaban J connectivity index is 2.03. The molecule has 0 bridgehead atoms. The van der Waals surface area contributed by atoms with E-state index in [0.29, 0.717) is 25.4 Å². The lowest BCUT2D eigenvalue weighted by Crippen LogP contribution is -2.40. The van der Waals surface area contributed by atoms with Gasteiger partial charge in [-0.3, -0.25) is 4.79 Å². The minimum atomic E-state index is -1.11. The number of aliphatic hydroxyl groups is 1. The van der Waals surface area contributed by atoms with Gasteiger partial charge in [-0.2, -0.15) is 0 Å². The number of amides is 1. The van der Waals surface area contributed by atoms with Crippen molar-refractivity contribution in [2.75, 3.05) is 19.7 Å². The normalized spacial score (nSPS) is 19.4. The Morgan fingerprint density at radius 3 is 2.89 bits per heavy atom. The van der Waals surface area contributed by atoms with E-state index in [1.807, 2.05) is 0 Å². The van der Waals surface area contributed by atoms with Gasteiger partial charge in [-0.05, 0) is 25.2 Å². The lowest BCUT2D eigenvalue weighted by Gasteiger charge is -2.31. The maximum absolute atomic E-state index is 12.2. The van der Waals surface area contributed by atoms with Crippen molar-refractivity contribution in [2.45, 2.75) is 19.3 Å². The number of rotatable bonds is 4. The number of likely N-dealkylation sites (tertiary alicyclic amines) is 1. The van der Waals surface area contributed by atoms with E-state index in [9.17, 15) is 9.59 Å². The smallest absolute Gasteiger partial charge is 0.338 e. The van der Waals surface area contributed by atoms with Crippen molar-refractivity contribution in [3.63, 3.8) is 0 Å². The number of furan rings is 1. The van der Waals surface area contributed by atoms with Crippen LogP contribution < -0.4 is 0 Å². The van der Waals surface area contributed by atoms with Crippen molar-refractivity contribution < 1.29 is 24.2 Å². The van der Waals surface area contributed by atoms with E-state index in [0.717, 1.165) is 19.1 Å². The molecule has 0 aromatic carbocycles. The summed E-state index contributed by atoms with van der Waals surface area (Å²) < 4.78 is 5.01. The number of piperidine rings is 1. The highest BCUT2D eigenvalue weighted by Gasteiger charge is 2.26. The van der Waals surface area contributed by atoms with Gasteiger partial charge in [0.15, 0.2) is 5.76 Å². The van der Waals surface area contributed by atoms with Gasteiger partial charge in [0.2, 0.25) is 0 Å². The van der Waals surface area contributed by atoms with Crippen LogP contribution in [0.3, 0.4) is 0 Å². The van der Waals surface area contributed by atoms with Crippen LogP contribution in [0.25, 0.3) is 0 Å². The number of carboxylic acid groups (broad SMARTS) is 1. The number of carbonyl (C=O) groups is 2. The predicted octanol–water partition coefficient (Wildman–Crippen LogP) is 1.21. The molecule has 1 amide bonds. The summed E-state index contributed by atoms with van der Waals surface area (Å²) in [5.74, 6) is -1.03. The van der Waals surface area contributed by atoms with Gasteiger partial charge in [0.1, 0.15) is 6.26 Å². The predicted molar refractivity (Wildman–Crippen MR) is 66.0 cm³/mol. The molecule has 19 heavy (non-hydrogen) atoms. The first kappa shape index (κ1) is 13.6. The third-order valence-corrected chi connectivity index (χ3v) is 3.40. The Morgan fingerprint density at radius 2 is 2.26 bits per heavy atom. The summed E-state index contributed by atoms with van der Waals surface area (Å²) in [6.45, 7) is 1.35. The number of nitrogens with zero attached hydrogens (tertiary/aromatic N) is 1. The molecule has 1 saturated heterocycles. The first-order valence-corrected chi connectivity index (χ1v) is 6.33. The summed E-state index contributed by atoms with van der Waals surface area (Å²) >= 11 is 0. The van der Waals surface area contributed by atoms with Crippen molar-refractivity contribution in [3.8, 4) is 0 Å². The van der Waals surface area contributed by atoms with Gasteiger partial charge < -0.3 is 19.5 Å². The lowest BCUT2D eigenvalue weighted by atomic mass is 9.95. The maximum Gasteiger partial charge on any atom is 0.338 e. The second-order valence-electron chi connectivity index (χ2n) is 4.78. The van der Waals surface area contributed by atoms with E-state index in [1.165, 1.54) is 6.07 Å². The zero-order chi connectivity index (χ0) is 13.8. The molecule has 2 N–H and O–H groups in total. The molecule has 6 nitrogen and oxygen atoms in total. The highest BCUT2D eigenvalue weighted by atomic mass is 16.4. The van der Waals surface area contributed by atoms with Gasteiger partial charge >= 0.3 is 5.97 Å². The Bertz CT molecular complexity index is 465. The van der Waals surface area contributed by atoms with Crippen LogP contribution in [0, 0.1) is 5.92 Å². The van der Waals surface area contributed by atoms with Crippen molar-refractivity contribution >= 4 is 11.9 Å². The number of hydrogen-bond donors (Lipinski definition) is 2. The molecule has 1 unspecified atom stereocenters. The highest BCUT2D eigenvalue weighted by molar-refractivity contribution is 5.95. The molecular weight excluding hydrogens is 250 g/mol. The van der Waals surface area contributed by atoms with Gasteiger partial charge in [0.05, 0.1) is 5.56 Å². The van der Waals surface area contributed by atoms with Crippen LogP contribution in [0.4, 0.5) is 0 Å². The molecule has 1 aliphatic rings. The van der Waals surface area contributed by atoms with Gasteiger partial charge in [0, 0.05) is 25.8 Å². The molecule has 1 fully saturated rings. The van der Waals surface area contributed by atoms with E-state index in [-0.39, 0.29) is 23.8 Å². The Labute approximate surface area is 110 Å². The average molecular weight is 267 g/mol. The van der Waals surface area contributed by atoms with E-state index < -0.39 is 5.97 Å². The molecule has 0 radical (unpaired) electrons. The molecule has 0 spiro atoms. The van der Waals surface area contributed by atoms with Crippen LogP contribution in [-0.2, 0) is 0 Å². The van der Waals surface area contributed by atoms with Crippen LogP contribution >= 0.6 is 0 Å².